The van der Waals surface area contributed by atoms with Crippen LogP contribution in [-0.2, 0) is 10.0 Å². The summed E-state index contributed by atoms with van der Waals surface area (Å²) in [6.45, 7) is 8.54. The molecule has 0 amide bonds. The number of nitrogens with one attached hydrogen (secondary N) is 1. The molecule has 0 spiro atoms. The maximum atomic E-state index is 12.2. The summed E-state index contributed by atoms with van der Waals surface area (Å²) in [5.74, 6) is 1.55. The fourth-order valence-electron chi connectivity index (χ4n) is 3.34. The van der Waals surface area contributed by atoms with E-state index in [1.165, 1.54) is 19.5 Å². The Morgan fingerprint density at radius 1 is 1.13 bits per heavy atom. The first-order chi connectivity index (χ1) is 10.9. The lowest BCUT2D eigenvalue weighted by molar-refractivity contribution is 0.139. The van der Waals surface area contributed by atoms with Gasteiger partial charge in [-0.15, -0.1) is 0 Å². The highest BCUT2D eigenvalue weighted by atomic mass is 79.9. The molecular formula is C17H27BrN2O2S. The Kier molecular flexibility index (Phi) is 7.07. The highest BCUT2D eigenvalue weighted by Gasteiger charge is 2.21. The van der Waals surface area contributed by atoms with E-state index in [4.69, 9.17) is 0 Å². The van der Waals surface area contributed by atoms with E-state index in [1.807, 2.05) is 0 Å². The number of piperidine rings is 1. The number of rotatable bonds is 7. The van der Waals surface area contributed by atoms with Gasteiger partial charge in [0.25, 0.3) is 0 Å². The molecule has 1 aromatic carbocycles. The molecule has 2 unspecified atom stereocenters. The molecule has 6 heteroatoms. The number of halogens is 1. The van der Waals surface area contributed by atoms with Crippen molar-refractivity contribution < 1.29 is 8.42 Å². The summed E-state index contributed by atoms with van der Waals surface area (Å²) in [6, 6.07) is 6.71. The van der Waals surface area contributed by atoms with E-state index in [0.717, 1.165) is 35.7 Å². The lowest BCUT2D eigenvalue weighted by Gasteiger charge is -2.34. The second kappa shape index (κ2) is 8.60. The molecule has 1 aliphatic heterocycles. The van der Waals surface area contributed by atoms with Gasteiger partial charge in [-0.25, -0.2) is 13.1 Å². The number of nitrogens with zero attached hydrogens (tertiary/aromatic N) is 1. The Labute approximate surface area is 148 Å². The van der Waals surface area contributed by atoms with Gasteiger partial charge in [-0.05, 0) is 61.9 Å². The van der Waals surface area contributed by atoms with Crippen LogP contribution in [0.3, 0.4) is 0 Å². The molecule has 1 aromatic rings. The van der Waals surface area contributed by atoms with Gasteiger partial charge in [0.2, 0.25) is 10.0 Å². The smallest absolute Gasteiger partial charge is 0.240 e. The minimum absolute atomic E-state index is 0.319. The maximum absolute atomic E-state index is 12.2. The van der Waals surface area contributed by atoms with Crippen molar-refractivity contribution in [3.63, 3.8) is 0 Å². The molecule has 4 nitrogen and oxygen atoms in total. The van der Waals surface area contributed by atoms with Crippen LogP contribution in [-0.4, -0.2) is 39.5 Å². The SMILES string of the molecule is CC1CC(C)CN(CCCCNS(=O)(=O)c2ccc(Br)cc2)C1. The molecule has 1 fully saturated rings. The first-order valence-corrected chi connectivity index (χ1v) is 10.6. The Bertz CT molecular complexity index is 579. The van der Waals surface area contributed by atoms with Crippen molar-refractivity contribution in [1.82, 2.24) is 9.62 Å². The summed E-state index contributed by atoms with van der Waals surface area (Å²) in [7, 11) is -3.38. The standard InChI is InChI=1S/C17H27BrN2O2S/c1-14-11-15(2)13-20(12-14)10-4-3-9-19-23(21,22)17-7-5-16(18)6-8-17/h5-8,14-15,19H,3-4,9-13H2,1-2H3. The number of likely N-dealkylation sites (tertiary alicyclic amines) is 1. The molecule has 130 valence electrons. The fourth-order valence-corrected chi connectivity index (χ4v) is 4.68. The molecule has 0 radical (unpaired) electrons. The zero-order valence-electron chi connectivity index (χ0n) is 14.0. The van der Waals surface area contributed by atoms with E-state index in [-0.39, 0.29) is 0 Å². The van der Waals surface area contributed by atoms with Crippen LogP contribution in [0.4, 0.5) is 0 Å². The van der Waals surface area contributed by atoms with Crippen LogP contribution in [0.5, 0.6) is 0 Å². The van der Waals surface area contributed by atoms with Crippen molar-refractivity contribution >= 4 is 26.0 Å². The lowest BCUT2D eigenvalue weighted by Crippen LogP contribution is -2.39. The first kappa shape index (κ1) is 18.9. The van der Waals surface area contributed by atoms with Gasteiger partial charge in [0.05, 0.1) is 4.90 Å². The number of hydrogen-bond acceptors (Lipinski definition) is 3. The number of unbranched alkanes of at least 4 members (excludes halogenated alkanes) is 1. The molecule has 1 saturated heterocycles. The Hall–Kier alpha value is -0.430. The molecule has 1 N–H and O–H groups in total. The van der Waals surface area contributed by atoms with Gasteiger partial charge in [-0.2, -0.15) is 0 Å². The summed E-state index contributed by atoms with van der Waals surface area (Å²) in [5, 5.41) is 0. The Morgan fingerprint density at radius 2 is 1.74 bits per heavy atom. The van der Waals surface area contributed by atoms with E-state index in [0.29, 0.717) is 11.4 Å². The zero-order chi connectivity index (χ0) is 16.9. The van der Waals surface area contributed by atoms with E-state index >= 15 is 0 Å². The lowest BCUT2D eigenvalue weighted by atomic mass is 9.92. The highest BCUT2D eigenvalue weighted by molar-refractivity contribution is 9.10. The Balaban J connectivity index is 1.69. The third-order valence-corrected chi connectivity index (χ3v) is 6.27. The molecule has 1 heterocycles. The predicted molar refractivity (Wildman–Crippen MR) is 97.9 cm³/mol. The quantitative estimate of drug-likeness (QED) is 0.710. The van der Waals surface area contributed by atoms with Crippen LogP contribution in [0.15, 0.2) is 33.6 Å². The van der Waals surface area contributed by atoms with Crippen LogP contribution in [0.25, 0.3) is 0 Å². The van der Waals surface area contributed by atoms with Crippen LogP contribution in [0, 0.1) is 11.8 Å². The van der Waals surface area contributed by atoms with Crippen molar-refractivity contribution in [3.8, 4) is 0 Å². The van der Waals surface area contributed by atoms with Crippen LogP contribution in [0.2, 0.25) is 0 Å². The monoisotopic (exact) mass is 402 g/mol. The average molecular weight is 403 g/mol. The third-order valence-electron chi connectivity index (χ3n) is 4.26. The number of sulfonamides is 1. The van der Waals surface area contributed by atoms with Crippen molar-refractivity contribution in [2.75, 3.05) is 26.2 Å². The van der Waals surface area contributed by atoms with Gasteiger partial charge in [-0.1, -0.05) is 29.8 Å². The molecule has 2 rings (SSSR count). The number of benzene rings is 1. The van der Waals surface area contributed by atoms with E-state index in [1.54, 1.807) is 24.3 Å². The summed E-state index contributed by atoms with van der Waals surface area (Å²) in [4.78, 5) is 2.83. The van der Waals surface area contributed by atoms with Crippen molar-refractivity contribution in [3.05, 3.63) is 28.7 Å². The maximum Gasteiger partial charge on any atom is 0.240 e. The van der Waals surface area contributed by atoms with Crippen LogP contribution in [0.1, 0.15) is 33.1 Å². The Morgan fingerprint density at radius 3 is 2.35 bits per heavy atom. The third kappa shape index (κ3) is 6.18. The fraction of sp³-hybridized carbons (Fsp3) is 0.647. The molecular weight excluding hydrogens is 376 g/mol. The normalized spacial score (nSPS) is 23.1. The average Bonchev–Trinajstić information content (AvgIpc) is 2.46. The second-order valence-corrected chi connectivity index (χ2v) is 9.45. The highest BCUT2D eigenvalue weighted by Crippen LogP contribution is 2.21. The minimum Gasteiger partial charge on any atom is -0.303 e. The van der Waals surface area contributed by atoms with Crippen molar-refractivity contribution in [2.45, 2.75) is 38.0 Å². The largest absolute Gasteiger partial charge is 0.303 e. The summed E-state index contributed by atoms with van der Waals surface area (Å²) in [5.41, 5.74) is 0. The first-order valence-electron chi connectivity index (χ1n) is 8.34. The summed E-state index contributed by atoms with van der Waals surface area (Å²) < 4.78 is 27.9. The van der Waals surface area contributed by atoms with Gasteiger partial charge in [0.15, 0.2) is 0 Å². The minimum atomic E-state index is -3.38. The van der Waals surface area contributed by atoms with Gasteiger partial charge < -0.3 is 4.90 Å². The van der Waals surface area contributed by atoms with Gasteiger partial charge in [-0.3, -0.25) is 0 Å². The van der Waals surface area contributed by atoms with Crippen molar-refractivity contribution in [2.24, 2.45) is 11.8 Å². The van der Waals surface area contributed by atoms with E-state index < -0.39 is 10.0 Å². The van der Waals surface area contributed by atoms with E-state index in [9.17, 15) is 8.42 Å². The molecule has 0 saturated carbocycles. The summed E-state index contributed by atoms with van der Waals surface area (Å²) >= 11 is 3.31. The van der Waals surface area contributed by atoms with Gasteiger partial charge >= 0.3 is 0 Å². The molecule has 0 bridgehead atoms. The molecule has 0 aromatic heterocycles. The van der Waals surface area contributed by atoms with Crippen LogP contribution >= 0.6 is 15.9 Å². The molecule has 23 heavy (non-hydrogen) atoms. The van der Waals surface area contributed by atoms with E-state index in [2.05, 4.69) is 39.4 Å². The predicted octanol–water partition coefficient (Wildman–Crippen LogP) is 3.49. The van der Waals surface area contributed by atoms with Gasteiger partial charge in [0.1, 0.15) is 0 Å². The van der Waals surface area contributed by atoms with Gasteiger partial charge in [0, 0.05) is 24.1 Å². The second-order valence-electron chi connectivity index (χ2n) is 6.76. The molecule has 1 aliphatic rings. The zero-order valence-corrected chi connectivity index (χ0v) is 16.4. The van der Waals surface area contributed by atoms with Crippen LogP contribution < -0.4 is 4.72 Å². The summed E-state index contributed by atoms with van der Waals surface area (Å²) in [6.07, 6.45) is 3.22. The topological polar surface area (TPSA) is 49.4 Å². The number of hydrogen-bond donors (Lipinski definition) is 1. The van der Waals surface area contributed by atoms with Crippen molar-refractivity contribution in [1.29, 1.82) is 0 Å². The molecule has 0 aliphatic carbocycles. The molecule has 2 atom stereocenters.